The lowest BCUT2D eigenvalue weighted by molar-refractivity contribution is 0.0379. The summed E-state index contributed by atoms with van der Waals surface area (Å²) in [5.74, 6) is 0.964. The molecule has 4 aromatic heterocycles. The Labute approximate surface area is 376 Å². The van der Waals surface area contributed by atoms with Gasteiger partial charge in [0, 0.05) is 36.3 Å². The topological polar surface area (TPSA) is 187 Å². The molecular formula is C46H46F4N14O2. The van der Waals surface area contributed by atoms with E-state index >= 15 is 0 Å². The summed E-state index contributed by atoms with van der Waals surface area (Å²) in [4.78, 5) is 17.4. The zero-order valence-corrected chi connectivity index (χ0v) is 36.4. The molecule has 66 heavy (non-hydrogen) atoms. The van der Waals surface area contributed by atoms with E-state index < -0.39 is 22.8 Å². The molecule has 0 radical (unpaired) electrons. The SMILES string of the molecule is Cc1ncn(-c2ccc(Nc3nc4n(n3)CC[C@@](C)(O)C[C@@H]4c3ccc(F)cc3)cc2F)n1.Cc1ncn(-c2ccc(Nc3nc4n(n3)CC[C@](C)(O)C[C@@H]4c3ccc(F)cc3)cc2F)n1. The van der Waals surface area contributed by atoms with Crippen molar-refractivity contribution in [2.75, 3.05) is 10.6 Å². The highest BCUT2D eigenvalue weighted by Crippen LogP contribution is 2.39. The Morgan fingerprint density at radius 1 is 0.561 bits per heavy atom. The minimum absolute atomic E-state index is 0.263. The van der Waals surface area contributed by atoms with Crippen molar-refractivity contribution in [1.29, 1.82) is 0 Å². The zero-order valence-electron chi connectivity index (χ0n) is 36.4. The second-order valence-electron chi connectivity index (χ2n) is 17.2. The molecule has 4 atom stereocenters. The molecule has 0 aliphatic carbocycles. The third kappa shape index (κ3) is 9.69. The molecular weight excluding hydrogens is 857 g/mol. The summed E-state index contributed by atoms with van der Waals surface area (Å²) in [7, 11) is 0. The third-order valence-corrected chi connectivity index (χ3v) is 11.7. The number of aromatic nitrogens is 12. The van der Waals surface area contributed by atoms with Crippen LogP contribution in [0.5, 0.6) is 0 Å². The fourth-order valence-electron chi connectivity index (χ4n) is 8.27. The number of aliphatic hydroxyl groups is 2. The van der Waals surface area contributed by atoms with Crippen LogP contribution in [0.2, 0.25) is 0 Å². The van der Waals surface area contributed by atoms with E-state index in [2.05, 4.69) is 51.0 Å². The molecule has 340 valence electrons. The van der Waals surface area contributed by atoms with E-state index in [1.165, 1.54) is 58.4 Å². The normalized spacial score (nSPS) is 20.3. The lowest BCUT2D eigenvalue weighted by atomic mass is 9.86. The van der Waals surface area contributed by atoms with Crippen LogP contribution in [0.15, 0.2) is 97.6 Å². The highest BCUT2D eigenvalue weighted by atomic mass is 19.1. The summed E-state index contributed by atoms with van der Waals surface area (Å²) < 4.78 is 62.6. The van der Waals surface area contributed by atoms with Gasteiger partial charge in [-0.3, -0.25) is 0 Å². The third-order valence-electron chi connectivity index (χ3n) is 11.7. The van der Waals surface area contributed by atoms with E-state index in [1.807, 2.05) is 0 Å². The first kappa shape index (κ1) is 43.9. The predicted octanol–water partition coefficient (Wildman–Crippen LogP) is 7.73. The fraction of sp³-hybridized carbons (Fsp3) is 0.304. The Morgan fingerprint density at radius 3 is 1.30 bits per heavy atom. The maximum absolute atomic E-state index is 14.7. The van der Waals surface area contributed by atoms with Gasteiger partial charge in [-0.2, -0.15) is 20.2 Å². The number of halogens is 4. The Morgan fingerprint density at radius 2 is 0.955 bits per heavy atom. The fourth-order valence-corrected chi connectivity index (χ4v) is 8.27. The van der Waals surface area contributed by atoms with E-state index in [0.29, 0.717) is 85.3 Å². The predicted molar refractivity (Wildman–Crippen MR) is 235 cm³/mol. The summed E-state index contributed by atoms with van der Waals surface area (Å²) in [6.07, 6.45) is 4.77. The lowest BCUT2D eigenvalue weighted by Crippen LogP contribution is -2.26. The maximum Gasteiger partial charge on any atom is 0.246 e. The molecule has 4 aromatic carbocycles. The summed E-state index contributed by atoms with van der Waals surface area (Å²) in [5, 5.41) is 45.0. The molecule has 20 heteroatoms. The van der Waals surface area contributed by atoms with Gasteiger partial charge in [0.1, 0.15) is 59.0 Å². The van der Waals surface area contributed by atoms with Crippen molar-refractivity contribution >= 4 is 23.3 Å². The van der Waals surface area contributed by atoms with E-state index in [9.17, 15) is 27.8 Å². The summed E-state index contributed by atoms with van der Waals surface area (Å²) in [6.45, 7) is 8.00. The van der Waals surface area contributed by atoms with Crippen LogP contribution in [-0.4, -0.2) is 80.5 Å². The first-order valence-electron chi connectivity index (χ1n) is 21.3. The van der Waals surface area contributed by atoms with Crippen molar-refractivity contribution in [3.63, 3.8) is 0 Å². The molecule has 2 aliphatic heterocycles. The number of rotatable bonds is 8. The molecule has 6 heterocycles. The average Bonchev–Trinajstić information content (AvgIpc) is 4.07. The molecule has 0 bridgehead atoms. The van der Waals surface area contributed by atoms with Crippen LogP contribution in [0, 0.1) is 37.1 Å². The molecule has 16 nitrogen and oxygen atoms in total. The van der Waals surface area contributed by atoms with Gasteiger partial charge in [-0.05, 0) is 125 Å². The number of nitrogens with one attached hydrogen (secondary N) is 2. The van der Waals surface area contributed by atoms with Gasteiger partial charge in [-0.25, -0.2) is 46.3 Å². The molecule has 0 spiro atoms. The highest BCUT2D eigenvalue weighted by Gasteiger charge is 2.36. The van der Waals surface area contributed by atoms with Crippen molar-refractivity contribution in [3.05, 3.63) is 155 Å². The number of hydrogen-bond donors (Lipinski definition) is 4. The molecule has 0 fully saturated rings. The summed E-state index contributed by atoms with van der Waals surface area (Å²) in [5.41, 5.74) is 1.41. The van der Waals surface area contributed by atoms with Crippen molar-refractivity contribution in [1.82, 2.24) is 59.1 Å². The molecule has 8 aromatic rings. The van der Waals surface area contributed by atoms with Gasteiger partial charge < -0.3 is 20.8 Å². The van der Waals surface area contributed by atoms with Gasteiger partial charge in [0.2, 0.25) is 11.9 Å². The smallest absolute Gasteiger partial charge is 0.246 e. The maximum atomic E-state index is 14.7. The van der Waals surface area contributed by atoms with E-state index in [0.717, 1.165) is 11.1 Å². The van der Waals surface area contributed by atoms with Crippen LogP contribution < -0.4 is 10.6 Å². The van der Waals surface area contributed by atoms with Gasteiger partial charge in [0.25, 0.3) is 0 Å². The molecule has 0 unspecified atom stereocenters. The molecule has 0 amide bonds. The number of aryl methyl sites for hydroxylation is 4. The van der Waals surface area contributed by atoms with Crippen molar-refractivity contribution in [2.24, 2.45) is 0 Å². The first-order valence-corrected chi connectivity index (χ1v) is 21.3. The van der Waals surface area contributed by atoms with E-state index in [4.69, 9.17) is 0 Å². The number of anilines is 4. The minimum Gasteiger partial charge on any atom is -0.390 e. The molecule has 4 N–H and O–H groups in total. The standard InChI is InChI=1S/2C23H23F2N7O/c2*1-14-26-13-32(29-14)20-8-7-17(11-19(20)25)27-22-28-21-18(15-3-5-16(24)6-4-15)12-23(2,33)9-10-31(21)30-22/h2*3-8,11,13,18,33H,9-10,12H2,1-2H3,(H,27,30)/t18-,23+;18-,23-/m11/s1. The first-order chi connectivity index (χ1) is 31.5. The number of benzene rings is 4. The van der Waals surface area contributed by atoms with Gasteiger partial charge in [0.15, 0.2) is 11.6 Å². The van der Waals surface area contributed by atoms with E-state index in [-0.39, 0.29) is 34.8 Å². The second-order valence-corrected chi connectivity index (χ2v) is 17.2. The van der Waals surface area contributed by atoms with Crippen LogP contribution in [0.3, 0.4) is 0 Å². The van der Waals surface area contributed by atoms with Crippen LogP contribution in [-0.2, 0) is 13.1 Å². The Kier molecular flexibility index (Phi) is 11.7. The Bertz CT molecular complexity index is 2790. The lowest BCUT2D eigenvalue weighted by Gasteiger charge is -2.24. The Balaban J connectivity index is 0.000000166. The highest BCUT2D eigenvalue weighted by molar-refractivity contribution is 5.57. The monoisotopic (exact) mass is 902 g/mol. The number of hydrogen-bond acceptors (Lipinski definition) is 12. The molecule has 2 aliphatic rings. The quantitative estimate of drug-likeness (QED) is 0.109. The summed E-state index contributed by atoms with van der Waals surface area (Å²) in [6, 6.07) is 21.7. The van der Waals surface area contributed by atoms with Gasteiger partial charge >= 0.3 is 0 Å². The Hall–Kier alpha value is -7.32. The van der Waals surface area contributed by atoms with Crippen molar-refractivity contribution in [2.45, 2.75) is 89.5 Å². The van der Waals surface area contributed by atoms with E-state index in [1.54, 1.807) is 85.6 Å². The van der Waals surface area contributed by atoms with Crippen LogP contribution in [0.1, 0.15) is 85.8 Å². The van der Waals surface area contributed by atoms with Crippen LogP contribution in [0.4, 0.5) is 40.8 Å². The van der Waals surface area contributed by atoms with Crippen LogP contribution >= 0.6 is 0 Å². The minimum atomic E-state index is -0.909. The average molecular weight is 903 g/mol. The molecule has 0 saturated heterocycles. The van der Waals surface area contributed by atoms with Crippen molar-refractivity contribution in [3.8, 4) is 11.4 Å². The van der Waals surface area contributed by atoms with Crippen molar-refractivity contribution < 1.29 is 27.8 Å². The van der Waals surface area contributed by atoms with Gasteiger partial charge in [-0.1, -0.05) is 24.3 Å². The second kappa shape index (κ2) is 17.6. The van der Waals surface area contributed by atoms with Crippen LogP contribution in [0.25, 0.3) is 11.4 Å². The largest absolute Gasteiger partial charge is 0.390 e. The zero-order chi connectivity index (χ0) is 46.3. The van der Waals surface area contributed by atoms with Gasteiger partial charge in [-0.15, -0.1) is 10.2 Å². The number of nitrogens with zero attached hydrogens (tertiary/aromatic N) is 12. The molecule has 0 saturated carbocycles. The number of fused-ring (bicyclic) bond motifs is 2. The summed E-state index contributed by atoms with van der Waals surface area (Å²) >= 11 is 0. The van der Waals surface area contributed by atoms with Gasteiger partial charge in [0.05, 0.1) is 11.2 Å². The molecule has 10 rings (SSSR count).